The van der Waals surface area contributed by atoms with Gasteiger partial charge >= 0.3 is 0 Å². The van der Waals surface area contributed by atoms with Crippen molar-refractivity contribution in [2.75, 3.05) is 0 Å². The van der Waals surface area contributed by atoms with Crippen LogP contribution in [0.4, 0.5) is 0 Å². The molecule has 2 heterocycles. The van der Waals surface area contributed by atoms with Crippen molar-refractivity contribution in [3.8, 4) is 6.07 Å². The van der Waals surface area contributed by atoms with E-state index in [-0.39, 0.29) is 11.4 Å². The van der Waals surface area contributed by atoms with Crippen LogP contribution in [0.1, 0.15) is 16.1 Å². The highest BCUT2D eigenvalue weighted by Gasteiger charge is 2.16. The number of ketones is 1. The van der Waals surface area contributed by atoms with E-state index in [4.69, 9.17) is 0 Å². The molecule has 1 aromatic carbocycles. The second-order valence-corrected chi connectivity index (χ2v) is 4.79. The van der Waals surface area contributed by atoms with Gasteiger partial charge in [-0.2, -0.15) is 5.26 Å². The fourth-order valence-electron chi connectivity index (χ4n) is 2.33. The van der Waals surface area contributed by atoms with E-state index in [9.17, 15) is 10.1 Å². The molecule has 3 aromatic rings. The van der Waals surface area contributed by atoms with E-state index in [0.717, 1.165) is 16.6 Å². The molecule has 0 aliphatic carbocycles. The molecule has 0 atom stereocenters. The molecule has 0 saturated carbocycles. The Bertz CT molecular complexity index is 890. The van der Waals surface area contributed by atoms with Gasteiger partial charge in [0.2, 0.25) is 5.78 Å². The molecule has 4 heteroatoms. The summed E-state index contributed by atoms with van der Waals surface area (Å²) in [6.07, 6.45) is 5.14. The Morgan fingerprint density at radius 3 is 2.81 bits per heavy atom. The van der Waals surface area contributed by atoms with Crippen LogP contribution in [0.25, 0.3) is 17.0 Å². The van der Waals surface area contributed by atoms with Crippen molar-refractivity contribution < 1.29 is 4.79 Å². The van der Waals surface area contributed by atoms with Gasteiger partial charge in [-0.05, 0) is 24.3 Å². The first-order valence-corrected chi connectivity index (χ1v) is 6.54. The third-order valence-corrected chi connectivity index (χ3v) is 3.48. The Labute approximate surface area is 121 Å². The van der Waals surface area contributed by atoms with Crippen molar-refractivity contribution in [3.63, 3.8) is 0 Å². The van der Waals surface area contributed by atoms with Gasteiger partial charge in [0.1, 0.15) is 11.6 Å². The first kappa shape index (κ1) is 12.9. The molecule has 3 rings (SSSR count). The summed E-state index contributed by atoms with van der Waals surface area (Å²) in [5.74, 6) is -0.267. The zero-order valence-corrected chi connectivity index (χ0v) is 11.5. The van der Waals surface area contributed by atoms with Gasteiger partial charge in [-0.25, -0.2) is 0 Å². The number of carbonyl (C=O) groups is 1. The first-order chi connectivity index (χ1) is 10.2. The number of nitrogens with zero attached hydrogens (tertiary/aromatic N) is 2. The van der Waals surface area contributed by atoms with Gasteiger partial charge in [0, 0.05) is 41.6 Å². The molecule has 0 fully saturated rings. The third-order valence-electron chi connectivity index (χ3n) is 3.48. The molecule has 4 nitrogen and oxygen atoms in total. The molecule has 0 amide bonds. The minimum atomic E-state index is -0.267. The SMILES string of the molecule is Cn1cccc1/C=C(\C#N)C(=O)c1c[nH]c2ccccc12. The summed E-state index contributed by atoms with van der Waals surface area (Å²) in [6, 6.07) is 13.3. The van der Waals surface area contributed by atoms with Gasteiger partial charge in [-0.3, -0.25) is 4.79 Å². The van der Waals surface area contributed by atoms with Crippen molar-refractivity contribution in [1.82, 2.24) is 9.55 Å². The molecular weight excluding hydrogens is 262 g/mol. The van der Waals surface area contributed by atoms with Crippen LogP contribution >= 0.6 is 0 Å². The highest BCUT2D eigenvalue weighted by molar-refractivity contribution is 6.19. The minimum Gasteiger partial charge on any atom is -0.360 e. The second-order valence-electron chi connectivity index (χ2n) is 4.79. The quantitative estimate of drug-likeness (QED) is 0.453. The van der Waals surface area contributed by atoms with E-state index in [0.29, 0.717) is 5.56 Å². The number of fused-ring (bicyclic) bond motifs is 1. The third kappa shape index (κ3) is 2.26. The largest absolute Gasteiger partial charge is 0.360 e. The summed E-state index contributed by atoms with van der Waals surface area (Å²) in [4.78, 5) is 15.6. The number of rotatable bonds is 3. The van der Waals surface area contributed by atoms with Crippen LogP contribution in [0.2, 0.25) is 0 Å². The normalized spacial score (nSPS) is 11.5. The molecule has 0 unspecified atom stereocenters. The van der Waals surface area contributed by atoms with E-state index >= 15 is 0 Å². The monoisotopic (exact) mass is 275 g/mol. The first-order valence-electron chi connectivity index (χ1n) is 6.54. The zero-order chi connectivity index (χ0) is 14.8. The smallest absolute Gasteiger partial charge is 0.205 e. The minimum absolute atomic E-state index is 0.126. The summed E-state index contributed by atoms with van der Waals surface area (Å²) in [5, 5.41) is 10.1. The van der Waals surface area contributed by atoms with Gasteiger partial charge in [-0.15, -0.1) is 0 Å². The van der Waals surface area contributed by atoms with Crippen LogP contribution in [0.15, 0.2) is 54.4 Å². The molecule has 0 aliphatic rings. The maximum Gasteiger partial charge on any atom is 0.205 e. The maximum absolute atomic E-state index is 12.6. The average molecular weight is 275 g/mol. The molecule has 21 heavy (non-hydrogen) atoms. The predicted molar refractivity (Wildman–Crippen MR) is 81.6 cm³/mol. The van der Waals surface area contributed by atoms with Gasteiger partial charge in [0.15, 0.2) is 0 Å². The van der Waals surface area contributed by atoms with Crippen molar-refractivity contribution in [2.24, 2.45) is 7.05 Å². The molecule has 102 valence electrons. The van der Waals surface area contributed by atoms with Gasteiger partial charge in [0.25, 0.3) is 0 Å². The lowest BCUT2D eigenvalue weighted by Gasteiger charge is -2.00. The lowest BCUT2D eigenvalue weighted by Crippen LogP contribution is -2.02. The number of nitrogens with one attached hydrogen (secondary N) is 1. The number of hydrogen-bond acceptors (Lipinski definition) is 2. The fraction of sp³-hybridized carbons (Fsp3) is 0.0588. The molecule has 0 saturated heterocycles. The van der Waals surface area contributed by atoms with E-state index in [1.807, 2.05) is 60.3 Å². The lowest BCUT2D eigenvalue weighted by atomic mass is 10.0. The molecule has 0 spiro atoms. The Kier molecular flexibility index (Phi) is 3.17. The number of nitriles is 1. The van der Waals surface area contributed by atoms with E-state index in [1.165, 1.54) is 0 Å². The molecule has 2 aromatic heterocycles. The van der Waals surface area contributed by atoms with Gasteiger partial charge in [0.05, 0.1) is 0 Å². The Morgan fingerprint density at radius 2 is 2.10 bits per heavy atom. The lowest BCUT2D eigenvalue weighted by molar-refractivity contribution is 0.104. The van der Waals surface area contributed by atoms with E-state index in [2.05, 4.69) is 4.98 Å². The summed E-state index contributed by atoms with van der Waals surface area (Å²) in [7, 11) is 1.87. The molecule has 0 bridgehead atoms. The van der Waals surface area contributed by atoms with Gasteiger partial charge < -0.3 is 9.55 Å². The zero-order valence-electron chi connectivity index (χ0n) is 11.5. The van der Waals surface area contributed by atoms with Gasteiger partial charge in [-0.1, -0.05) is 18.2 Å². The van der Waals surface area contributed by atoms with Crippen LogP contribution < -0.4 is 0 Å². The highest BCUT2D eigenvalue weighted by Crippen LogP contribution is 2.21. The summed E-state index contributed by atoms with van der Waals surface area (Å²) in [6.45, 7) is 0. The average Bonchev–Trinajstić information content (AvgIpc) is 3.10. The van der Waals surface area contributed by atoms with Crippen LogP contribution in [-0.2, 0) is 7.05 Å². The molecule has 0 aliphatic heterocycles. The number of para-hydroxylation sites is 1. The van der Waals surface area contributed by atoms with Crippen LogP contribution in [0.3, 0.4) is 0 Å². The topological polar surface area (TPSA) is 61.6 Å². The van der Waals surface area contributed by atoms with Crippen LogP contribution in [0, 0.1) is 11.3 Å². The number of hydrogen-bond donors (Lipinski definition) is 1. The van der Waals surface area contributed by atoms with E-state index in [1.54, 1.807) is 12.3 Å². The number of aryl methyl sites for hydroxylation is 1. The number of aromatic nitrogens is 2. The maximum atomic E-state index is 12.6. The number of aromatic amines is 1. The highest BCUT2D eigenvalue weighted by atomic mass is 16.1. The van der Waals surface area contributed by atoms with E-state index < -0.39 is 0 Å². The van der Waals surface area contributed by atoms with Crippen LogP contribution in [0.5, 0.6) is 0 Å². The Hall–Kier alpha value is -3.06. The molecule has 0 radical (unpaired) electrons. The predicted octanol–water partition coefficient (Wildman–Crippen LogP) is 3.30. The number of benzene rings is 1. The second kappa shape index (κ2) is 5.14. The number of allylic oxidation sites excluding steroid dienone is 1. The molecule has 1 N–H and O–H groups in total. The van der Waals surface area contributed by atoms with Crippen LogP contribution in [-0.4, -0.2) is 15.3 Å². The van der Waals surface area contributed by atoms with Crippen molar-refractivity contribution in [1.29, 1.82) is 5.26 Å². The van der Waals surface area contributed by atoms with Crippen molar-refractivity contribution >= 4 is 22.8 Å². The Morgan fingerprint density at radius 1 is 1.29 bits per heavy atom. The number of carbonyl (C=O) groups excluding carboxylic acids is 1. The molecular formula is C17H13N3O. The summed E-state index contributed by atoms with van der Waals surface area (Å²) in [5.41, 5.74) is 2.35. The number of Topliss-reactive ketones (excluding diaryl/α,β-unsaturated/α-hetero) is 1. The van der Waals surface area contributed by atoms with Crippen molar-refractivity contribution in [3.05, 3.63) is 65.6 Å². The summed E-state index contributed by atoms with van der Waals surface area (Å²) >= 11 is 0. The fourth-order valence-corrected chi connectivity index (χ4v) is 2.33. The van der Waals surface area contributed by atoms with Crippen molar-refractivity contribution in [2.45, 2.75) is 0 Å². The number of H-pyrrole nitrogens is 1. The standard InChI is InChI=1S/C17H13N3O/c1-20-8-4-5-13(20)9-12(10-18)17(21)15-11-19-16-7-3-2-6-14(15)16/h2-9,11,19H,1H3/b12-9+. The Balaban J connectivity index is 2.06. The summed E-state index contributed by atoms with van der Waals surface area (Å²) < 4.78 is 1.86.